The Morgan fingerprint density at radius 3 is 2.75 bits per heavy atom. The van der Waals surface area contributed by atoms with E-state index in [1.165, 1.54) is 12.1 Å². The van der Waals surface area contributed by atoms with Gasteiger partial charge in [-0.3, -0.25) is 4.79 Å². The smallest absolute Gasteiger partial charge is 0.253 e. The molecular formula is C20H19FN2O. The summed E-state index contributed by atoms with van der Waals surface area (Å²) in [6.07, 6.45) is 5.41. The van der Waals surface area contributed by atoms with Gasteiger partial charge in [-0.05, 0) is 41.7 Å². The number of benzene rings is 2. The molecule has 0 saturated carbocycles. The van der Waals surface area contributed by atoms with Crippen molar-refractivity contribution in [1.82, 2.24) is 5.32 Å². The predicted molar refractivity (Wildman–Crippen MR) is 92.6 cm³/mol. The molecule has 4 rings (SSSR count). The Bertz CT molecular complexity index is 813. The number of amides is 1. The van der Waals surface area contributed by atoms with Crippen molar-refractivity contribution in [3.8, 4) is 0 Å². The highest BCUT2D eigenvalue weighted by atomic mass is 19.1. The van der Waals surface area contributed by atoms with Crippen molar-refractivity contribution in [3.63, 3.8) is 0 Å². The molecule has 0 saturated heterocycles. The van der Waals surface area contributed by atoms with Gasteiger partial charge < -0.3 is 10.6 Å². The van der Waals surface area contributed by atoms with Crippen LogP contribution in [-0.4, -0.2) is 13.0 Å². The molecule has 122 valence electrons. The maximum Gasteiger partial charge on any atom is 0.253 e. The van der Waals surface area contributed by atoms with Crippen molar-refractivity contribution < 1.29 is 9.18 Å². The summed E-state index contributed by atoms with van der Waals surface area (Å²) in [7, 11) is 1.64. The highest BCUT2D eigenvalue weighted by molar-refractivity contribution is 6.00. The van der Waals surface area contributed by atoms with Crippen LogP contribution in [0.15, 0.2) is 54.6 Å². The second-order valence-electron chi connectivity index (χ2n) is 6.38. The molecule has 3 unspecified atom stereocenters. The summed E-state index contributed by atoms with van der Waals surface area (Å²) in [6.45, 7) is 0. The van der Waals surface area contributed by atoms with Gasteiger partial charge in [-0.2, -0.15) is 0 Å². The topological polar surface area (TPSA) is 41.1 Å². The summed E-state index contributed by atoms with van der Waals surface area (Å²) in [4.78, 5) is 12.2. The number of nitrogens with one attached hydrogen (secondary N) is 2. The molecule has 1 amide bonds. The third-order valence-electron chi connectivity index (χ3n) is 5.10. The summed E-state index contributed by atoms with van der Waals surface area (Å²) < 4.78 is 13.3. The Morgan fingerprint density at radius 1 is 1.21 bits per heavy atom. The Kier molecular flexibility index (Phi) is 3.60. The third kappa shape index (κ3) is 2.30. The van der Waals surface area contributed by atoms with E-state index in [2.05, 4.69) is 28.9 Å². The highest BCUT2D eigenvalue weighted by Crippen LogP contribution is 2.50. The lowest BCUT2D eigenvalue weighted by Crippen LogP contribution is -2.31. The first-order chi connectivity index (χ1) is 11.7. The Labute approximate surface area is 140 Å². The van der Waals surface area contributed by atoms with Gasteiger partial charge in [-0.25, -0.2) is 4.39 Å². The number of rotatable bonds is 2. The number of fused-ring (bicyclic) bond motifs is 3. The number of para-hydroxylation sites is 1. The van der Waals surface area contributed by atoms with Crippen molar-refractivity contribution in [3.05, 3.63) is 77.1 Å². The molecule has 2 N–H and O–H groups in total. The lowest BCUT2D eigenvalue weighted by molar-refractivity contribution is 0.0963. The number of hydrogen-bond donors (Lipinski definition) is 2. The SMILES string of the molecule is CNC(=O)c1cccc2c1NC(c1ccc(F)cc1)C1CC=CC21. The molecule has 1 aliphatic heterocycles. The molecule has 0 radical (unpaired) electrons. The molecule has 0 spiro atoms. The fourth-order valence-electron chi connectivity index (χ4n) is 3.95. The van der Waals surface area contributed by atoms with E-state index < -0.39 is 0 Å². The van der Waals surface area contributed by atoms with Crippen LogP contribution in [0.1, 0.15) is 39.9 Å². The van der Waals surface area contributed by atoms with Gasteiger partial charge in [0, 0.05) is 13.0 Å². The summed E-state index contributed by atoms with van der Waals surface area (Å²) in [5, 5.41) is 6.27. The molecule has 0 bridgehead atoms. The fraction of sp³-hybridized carbons (Fsp3) is 0.250. The number of halogens is 1. The van der Waals surface area contributed by atoms with Crippen molar-refractivity contribution in [2.24, 2.45) is 5.92 Å². The minimum absolute atomic E-state index is 0.0592. The molecule has 4 heteroatoms. The number of carbonyl (C=O) groups is 1. The first kappa shape index (κ1) is 14.9. The molecule has 0 fully saturated rings. The lowest BCUT2D eigenvalue weighted by Gasteiger charge is -2.38. The first-order valence-electron chi connectivity index (χ1n) is 8.22. The van der Waals surface area contributed by atoms with Gasteiger partial charge in [0.25, 0.3) is 5.91 Å². The van der Waals surface area contributed by atoms with Gasteiger partial charge in [-0.15, -0.1) is 0 Å². The average molecular weight is 322 g/mol. The minimum atomic E-state index is -0.234. The van der Waals surface area contributed by atoms with Crippen molar-refractivity contribution in [2.75, 3.05) is 12.4 Å². The van der Waals surface area contributed by atoms with E-state index in [0.717, 1.165) is 23.2 Å². The monoisotopic (exact) mass is 322 g/mol. The van der Waals surface area contributed by atoms with Crippen LogP contribution in [0.2, 0.25) is 0 Å². The molecular weight excluding hydrogens is 303 g/mol. The number of carbonyl (C=O) groups excluding carboxylic acids is 1. The molecule has 3 nitrogen and oxygen atoms in total. The van der Waals surface area contributed by atoms with E-state index in [1.54, 1.807) is 7.05 Å². The first-order valence-corrected chi connectivity index (χ1v) is 8.22. The highest BCUT2D eigenvalue weighted by Gasteiger charge is 2.39. The molecule has 2 aromatic carbocycles. The molecule has 24 heavy (non-hydrogen) atoms. The maximum atomic E-state index is 13.3. The summed E-state index contributed by atoms with van der Waals surface area (Å²) in [6, 6.07) is 12.6. The number of allylic oxidation sites excluding steroid dienone is 2. The largest absolute Gasteiger partial charge is 0.377 e. The van der Waals surface area contributed by atoms with E-state index in [9.17, 15) is 9.18 Å². The van der Waals surface area contributed by atoms with Gasteiger partial charge in [0.05, 0.1) is 17.3 Å². The fourth-order valence-corrected chi connectivity index (χ4v) is 3.95. The standard InChI is InChI=1S/C20H19FN2O/c1-22-20(24)17-7-3-6-16-14-4-2-5-15(14)18(23-19(16)17)12-8-10-13(21)11-9-12/h2-4,6-11,14-15,18,23H,5H2,1H3,(H,22,24). The maximum absolute atomic E-state index is 13.3. The van der Waals surface area contributed by atoms with Gasteiger partial charge in [-0.1, -0.05) is 36.4 Å². The Hall–Kier alpha value is -2.62. The van der Waals surface area contributed by atoms with Crippen molar-refractivity contribution in [1.29, 1.82) is 0 Å². The van der Waals surface area contributed by atoms with Crippen LogP contribution in [0, 0.1) is 11.7 Å². The van der Waals surface area contributed by atoms with E-state index in [4.69, 9.17) is 0 Å². The molecule has 0 aromatic heterocycles. The van der Waals surface area contributed by atoms with Gasteiger partial charge >= 0.3 is 0 Å². The second-order valence-corrected chi connectivity index (χ2v) is 6.38. The van der Waals surface area contributed by atoms with Crippen LogP contribution in [0.3, 0.4) is 0 Å². The van der Waals surface area contributed by atoms with Crippen LogP contribution >= 0.6 is 0 Å². The van der Waals surface area contributed by atoms with Gasteiger partial charge in [0.2, 0.25) is 0 Å². The lowest BCUT2D eigenvalue weighted by atomic mass is 9.76. The van der Waals surface area contributed by atoms with E-state index in [-0.39, 0.29) is 23.7 Å². The van der Waals surface area contributed by atoms with Crippen LogP contribution in [-0.2, 0) is 0 Å². The normalized spacial score (nSPS) is 24.0. The van der Waals surface area contributed by atoms with Crippen LogP contribution in [0.4, 0.5) is 10.1 Å². The summed E-state index contributed by atoms with van der Waals surface area (Å²) in [5.41, 5.74) is 3.75. The van der Waals surface area contributed by atoms with E-state index in [1.807, 2.05) is 24.3 Å². The molecule has 1 heterocycles. The molecule has 3 atom stereocenters. The van der Waals surface area contributed by atoms with Gasteiger partial charge in [0.1, 0.15) is 5.82 Å². The predicted octanol–water partition coefficient (Wildman–Crippen LogP) is 4.01. The number of hydrogen-bond acceptors (Lipinski definition) is 2. The van der Waals surface area contributed by atoms with Crippen molar-refractivity contribution >= 4 is 11.6 Å². The minimum Gasteiger partial charge on any atom is -0.377 e. The summed E-state index contributed by atoms with van der Waals surface area (Å²) in [5.74, 6) is 0.323. The van der Waals surface area contributed by atoms with Crippen LogP contribution in [0.5, 0.6) is 0 Å². The second kappa shape index (κ2) is 5.78. The Morgan fingerprint density at radius 2 is 2.00 bits per heavy atom. The zero-order chi connectivity index (χ0) is 16.7. The van der Waals surface area contributed by atoms with E-state index >= 15 is 0 Å². The molecule has 2 aromatic rings. The molecule has 1 aliphatic carbocycles. The molecule has 2 aliphatic rings. The zero-order valence-corrected chi connectivity index (χ0v) is 13.4. The third-order valence-corrected chi connectivity index (χ3v) is 5.10. The average Bonchev–Trinajstić information content (AvgIpc) is 3.10. The van der Waals surface area contributed by atoms with Crippen LogP contribution in [0.25, 0.3) is 0 Å². The van der Waals surface area contributed by atoms with Crippen LogP contribution < -0.4 is 10.6 Å². The zero-order valence-electron chi connectivity index (χ0n) is 13.4. The number of anilines is 1. The summed E-state index contributed by atoms with van der Waals surface area (Å²) >= 11 is 0. The quantitative estimate of drug-likeness (QED) is 0.820. The Balaban J connectivity index is 1.82. The van der Waals surface area contributed by atoms with E-state index in [0.29, 0.717) is 11.5 Å². The van der Waals surface area contributed by atoms with Crippen molar-refractivity contribution in [2.45, 2.75) is 18.4 Å². The van der Waals surface area contributed by atoms with Gasteiger partial charge in [0.15, 0.2) is 0 Å².